The van der Waals surface area contributed by atoms with E-state index in [-0.39, 0.29) is 0 Å². The van der Waals surface area contributed by atoms with Gasteiger partial charge in [-0.25, -0.2) is 4.98 Å². The molecule has 1 fully saturated rings. The van der Waals surface area contributed by atoms with Crippen molar-refractivity contribution < 1.29 is 0 Å². The Balaban J connectivity index is 1.83. The summed E-state index contributed by atoms with van der Waals surface area (Å²) in [4.78, 5) is 9.44. The van der Waals surface area contributed by atoms with Crippen LogP contribution in [0.1, 0.15) is 19.4 Å². The molecule has 1 aromatic carbocycles. The third-order valence-electron chi connectivity index (χ3n) is 4.58. The first-order valence-electron chi connectivity index (χ1n) is 7.53. The Labute approximate surface area is 131 Å². The summed E-state index contributed by atoms with van der Waals surface area (Å²) in [5, 5.41) is 1.79. The summed E-state index contributed by atoms with van der Waals surface area (Å²) in [6, 6.07) is 11.5. The molecule has 1 aliphatic rings. The summed E-state index contributed by atoms with van der Waals surface area (Å²) in [7, 11) is 2.21. The standard InChI is InChI=1S/C17H22ClN3/c1-12-9-21(10-13(2)20(12)3)11-15-8-14-6-4-5-7-16(14)19-17(15)18/h4-8,12-13H,9-11H2,1-3H3. The molecule has 3 nitrogen and oxygen atoms in total. The monoisotopic (exact) mass is 303 g/mol. The van der Waals surface area contributed by atoms with Crippen LogP contribution in [0.2, 0.25) is 5.15 Å². The molecule has 112 valence electrons. The van der Waals surface area contributed by atoms with E-state index in [0.29, 0.717) is 17.2 Å². The Kier molecular flexibility index (Phi) is 4.16. The summed E-state index contributed by atoms with van der Waals surface area (Å²) in [5.41, 5.74) is 2.09. The largest absolute Gasteiger partial charge is 0.298 e. The average Bonchev–Trinajstić information content (AvgIpc) is 2.45. The second-order valence-corrected chi connectivity index (χ2v) is 6.55. The maximum absolute atomic E-state index is 6.38. The van der Waals surface area contributed by atoms with Crippen LogP contribution >= 0.6 is 11.6 Å². The predicted octanol–water partition coefficient (Wildman–Crippen LogP) is 3.41. The number of likely N-dealkylation sites (N-methyl/N-ethyl adjacent to an activating group) is 1. The Morgan fingerprint density at radius 2 is 1.86 bits per heavy atom. The maximum atomic E-state index is 6.38. The SMILES string of the molecule is CC1CN(Cc2cc3ccccc3nc2Cl)CC(C)N1C. The molecule has 0 amide bonds. The van der Waals surface area contributed by atoms with Gasteiger partial charge in [-0.3, -0.25) is 9.80 Å². The smallest absolute Gasteiger partial charge is 0.134 e. The molecule has 2 heterocycles. The van der Waals surface area contributed by atoms with Crippen LogP contribution in [-0.2, 0) is 6.54 Å². The van der Waals surface area contributed by atoms with E-state index >= 15 is 0 Å². The fourth-order valence-corrected chi connectivity index (χ4v) is 3.34. The number of nitrogens with zero attached hydrogens (tertiary/aromatic N) is 3. The van der Waals surface area contributed by atoms with Crippen molar-refractivity contribution >= 4 is 22.5 Å². The first kappa shape index (κ1) is 14.8. The van der Waals surface area contributed by atoms with Crippen molar-refractivity contribution in [1.29, 1.82) is 0 Å². The van der Waals surface area contributed by atoms with Crippen molar-refractivity contribution in [3.05, 3.63) is 41.0 Å². The van der Waals surface area contributed by atoms with Gasteiger partial charge in [-0.15, -0.1) is 0 Å². The minimum Gasteiger partial charge on any atom is -0.298 e. The number of halogens is 1. The first-order chi connectivity index (χ1) is 10.0. The van der Waals surface area contributed by atoms with Gasteiger partial charge in [-0.2, -0.15) is 0 Å². The van der Waals surface area contributed by atoms with Crippen LogP contribution in [0.15, 0.2) is 30.3 Å². The van der Waals surface area contributed by atoms with E-state index < -0.39 is 0 Å². The Morgan fingerprint density at radius 1 is 1.19 bits per heavy atom. The number of aromatic nitrogens is 1. The van der Waals surface area contributed by atoms with Crippen molar-refractivity contribution in [2.45, 2.75) is 32.5 Å². The highest BCUT2D eigenvalue weighted by atomic mass is 35.5. The molecule has 2 aromatic rings. The summed E-state index contributed by atoms with van der Waals surface area (Å²) < 4.78 is 0. The molecule has 0 radical (unpaired) electrons. The van der Waals surface area contributed by atoms with E-state index in [2.05, 4.69) is 47.8 Å². The molecule has 0 bridgehead atoms. The van der Waals surface area contributed by atoms with Crippen LogP contribution in [0.25, 0.3) is 10.9 Å². The Morgan fingerprint density at radius 3 is 2.57 bits per heavy atom. The van der Waals surface area contributed by atoms with Crippen LogP contribution in [0, 0.1) is 0 Å². The van der Waals surface area contributed by atoms with Gasteiger partial charge in [0.15, 0.2) is 0 Å². The number of piperazine rings is 1. The van der Waals surface area contributed by atoms with Gasteiger partial charge in [0.2, 0.25) is 0 Å². The van der Waals surface area contributed by atoms with E-state index in [1.807, 2.05) is 18.2 Å². The van der Waals surface area contributed by atoms with E-state index in [1.165, 1.54) is 0 Å². The predicted molar refractivity (Wildman–Crippen MR) is 88.7 cm³/mol. The van der Waals surface area contributed by atoms with Gasteiger partial charge in [0, 0.05) is 42.7 Å². The minimum atomic E-state index is 0.570. The van der Waals surface area contributed by atoms with Gasteiger partial charge < -0.3 is 0 Å². The van der Waals surface area contributed by atoms with Gasteiger partial charge in [0.25, 0.3) is 0 Å². The zero-order valence-corrected chi connectivity index (χ0v) is 13.6. The molecule has 4 heteroatoms. The van der Waals surface area contributed by atoms with Crippen LogP contribution in [0.4, 0.5) is 0 Å². The number of rotatable bonds is 2. The lowest BCUT2D eigenvalue weighted by molar-refractivity contribution is 0.0556. The molecule has 3 rings (SSSR count). The fourth-order valence-electron chi connectivity index (χ4n) is 3.13. The molecular weight excluding hydrogens is 282 g/mol. The molecule has 0 spiro atoms. The Bertz CT molecular complexity index is 631. The van der Waals surface area contributed by atoms with E-state index in [9.17, 15) is 0 Å². The van der Waals surface area contributed by atoms with Crippen LogP contribution < -0.4 is 0 Å². The van der Waals surface area contributed by atoms with Crippen LogP contribution in [0.3, 0.4) is 0 Å². The summed E-state index contributed by atoms with van der Waals surface area (Å²) in [6.07, 6.45) is 0. The quantitative estimate of drug-likeness (QED) is 0.793. The topological polar surface area (TPSA) is 19.4 Å². The molecular formula is C17H22ClN3. The summed E-state index contributed by atoms with van der Waals surface area (Å²) in [5.74, 6) is 0. The highest BCUT2D eigenvalue weighted by molar-refractivity contribution is 6.30. The molecule has 0 saturated carbocycles. The molecule has 21 heavy (non-hydrogen) atoms. The highest BCUT2D eigenvalue weighted by Gasteiger charge is 2.26. The number of hydrogen-bond acceptors (Lipinski definition) is 3. The molecule has 0 N–H and O–H groups in total. The van der Waals surface area contributed by atoms with Crippen molar-refractivity contribution in [3.8, 4) is 0 Å². The van der Waals surface area contributed by atoms with Gasteiger partial charge >= 0.3 is 0 Å². The van der Waals surface area contributed by atoms with Crippen molar-refractivity contribution in [1.82, 2.24) is 14.8 Å². The van der Waals surface area contributed by atoms with E-state index in [0.717, 1.165) is 36.1 Å². The second kappa shape index (κ2) is 5.91. The number of benzene rings is 1. The molecule has 2 atom stereocenters. The average molecular weight is 304 g/mol. The normalized spacial score (nSPS) is 24.6. The number of hydrogen-bond donors (Lipinski definition) is 0. The first-order valence-corrected chi connectivity index (χ1v) is 7.91. The maximum Gasteiger partial charge on any atom is 0.134 e. The van der Waals surface area contributed by atoms with Crippen LogP contribution in [-0.4, -0.2) is 47.0 Å². The third-order valence-corrected chi connectivity index (χ3v) is 4.91. The number of pyridine rings is 1. The van der Waals surface area contributed by atoms with Crippen molar-refractivity contribution in [2.24, 2.45) is 0 Å². The van der Waals surface area contributed by atoms with Gasteiger partial charge in [-0.1, -0.05) is 29.8 Å². The van der Waals surface area contributed by atoms with Crippen LogP contribution in [0.5, 0.6) is 0 Å². The lowest BCUT2D eigenvalue weighted by atomic mass is 10.1. The van der Waals surface area contributed by atoms with E-state index in [4.69, 9.17) is 11.6 Å². The molecule has 0 aliphatic carbocycles. The molecule has 2 unspecified atom stereocenters. The van der Waals surface area contributed by atoms with Gasteiger partial charge in [0.05, 0.1) is 5.52 Å². The van der Waals surface area contributed by atoms with Gasteiger partial charge in [0.1, 0.15) is 5.15 Å². The molecule has 1 aromatic heterocycles. The van der Waals surface area contributed by atoms with Crippen molar-refractivity contribution in [3.63, 3.8) is 0 Å². The number of fused-ring (bicyclic) bond motifs is 1. The number of para-hydroxylation sites is 1. The zero-order chi connectivity index (χ0) is 15.0. The minimum absolute atomic E-state index is 0.570. The zero-order valence-electron chi connectivity index (χ0n) is 12.9. The fraction of sp³-hybridized carbons (Fsp3) is 0.471. The van der Waals surface area contributed by atoms with E-state index in [1.54, 1.807) is 0 Å². The second-order valence-electron chi connectivity index (χ2n) is 6.19. The molecule has 1 aliphatic heterocycles. The summed E-state index contributed by atoms with van der Waals surface area (Å²) >= 11 is 6.38. The highest BCUT2D eigenvalue weighted by Crippen LogP contribution is 2.23. The lowest BCUT2D eigenvalue weighted by Gasteiger charge is -2.42. The Hall–Kier alpha value is -1.16. The summed E-state index contributed by atoms with van der Waals surface area (Å²) in [6.45, 7) is 7.58. The van der Waals surface area contributed by atoms with Gasteiger partial charge in [-0.05, 0) is 33.0 Å². The third kappa shape index (κ3) is 3.05. The molecule has 1 saturated heterocycles. The lowest BCUT2D eigenvalue weighted by Crippen LogP contribution is -2.54. The van der Waals surface area contributed by atoms with Crippen molar-refractivity contribution in [2.75, 3.05) is 20.1 Å².